The summed E-state index contributed by atoms with van der Waals surface area (Å²) in [5.41, 5.74) is 4.51. The lowest BCUT2D eigenvalue weighted by Gasteiger charge is -2.38. The SMILES string of the molecule is CCOC(=O)C1C(=O)N(Cc2ccc(C)cc2)c2nc3ccccc3n2C1c1ccc(OCC)cc1. The number of ether oxygens (including phenoxy) is 2. The van der Waals surface area contributed by atoms with Gasteiger partial charge in [0.1, 0.15) is 5.75 Å². The number of aryl methyl sites for hydroxylation is 1. The molecule has 7 heteroatoms. The van der Waals surface area contributed by atoms with E-state index in [0.717, 1.165) is 33.5 Å². The second-order valence-corrected chi connectivity index (χ2v) is 8.86. The summed E-state index contributed by atoms with van der Waals surface area (Å²) in [6, 6.07) is 22.7. The number of anilines is 1. The summed E-state index contributed by atoms with van der Waals surface area (Å²) in [6.07, 6.45) is 0. The van der Waals surface area contributed by atoms with Crippen LogP contribution < -0.4 is 9.64 Å². The number of nitrogens with zero attached hydrogens (tertiary/aromatic N) is 3. The molecule has 1 aliphatic heterocycles. The summed E-state index contributed by atoms with van der Waals surface area (Å²) in [5, 5.41) is 0. The lowest BCUT2D eigenvalue weighted by molar-refractivity contribution is -0.153. The summed E-state index contributed by atoms with van der Waals surface area (Å²) in [5.74, 6) is -0.679. The van der Waals surface area contributed by atoms with Crippen LogP contribution in [0.1, 0.15) is 36.6 Å². The second-order valence-electron chi connectivity index (χ2n) is 8.86. The van der Waals surface area contributed by atoms with Crippen molar-refractivity contribution in [2.45, 2.75) is 33.4 Å². The van der Waals surface area contributed by atoms with E-state index in [1.165, 1.54) is 0 Å². The van der Waals surface area contributed by atoms with Crippen molar-refractivity contribution in [1.82, 2.24) is 9.55 Å². The normalized spacial score (nSPS) is 17.2. The van der Waals surface area contributed by atoms with Crippen molar-refractivity contribution in [3.63, 3.8) is 0 Å². The molecular formula is C29H29N3O4. The first-order valence-electron chi connectivity index (χ1n) is 12.2. The Labute approximate surface area is 210 Å². The van der Waals surface area contributed by atoms with Gasteiger partial charge in [0.15, 0.2) is 5.92 Å². The minimum Gasteiger partial charge on any atom is -0.494 e. The Morgan fingerprint density at radius 3 is 2.36 bits per heavy atom. The maximum Gasteiger partial charge on any atom is 0.321 e. The van der Waals surface area contributed by atoms with Crippen LogP contribution in [-0.2, 0) is 20.9 Å². The third-order valence-corrected chi connectivity index (χ3v) is 6.48. The third-order valence-electron chi connectivity index (χ3n) is 6.48. The van der Waals surface area contributed by atoms with E-state index >= 15 is 0 Å². The van der Waals surface area contributed by atoms with E-state index in [2.05, 4.69) is 0 Å². The summed E-state index contributed by atoms with van der Waals surface area (Å²) in [4.78, 5) is 33.9. The summed E-state index contributed by atoms with van der Waals surface area (Å²) in [7, 11) is 0. The number of aromatic nitrogens is 2. The molecule has 2 atom stereocenters. The number of rotatable bonds is 7. The van der Waals surface area contributed by atoms with Crippen LogP contribution in [0.3, 0.4) is 0 Å². The molecule has 1 aliphatic rings. The van der Waals surface area contributed by atoms with Crippen LogP contribution in [0.4, 0.5) is 5.95 Å². The molecule has 0 aliphatic carbocycles. The van der Waals surface area contributed by atoms with Crippen LogP contribution in [0, 0.1) is 12.8 Å². The molecule has 3 aromatic carbocycles. The molecule has 7 nitrogen and oxygen atoms in total. The van der Waals surface area contributed by atoms with Gasteiger partial charge in [-0.1, -0.05) is 54.1 Å². The van der Waals surface area contributed by atoms with Gasteiger partial charge in [-0.05, 0) is 56.2 Å². The minimum atomic E-state index is -1.06. The number of para-hydroxylation sites is 2. The average molecular weight is 484 g/mol. The maximum atomic E-state index is 14.1. The molecule has 1 amide bonds. The third kappa shape index (κ3) is 4.21. The van der Waals surface area contributed by atoms with Crippen molar-refractivity contribution in [2.24, 2.45) is 5.92 Å². The van der Waals surface area contributed by atoms with E-state index in [-0.39, 0.29) is 12.5 Å². The summed E-state index contributed by atoms with van der Waals surface area (Å²) >= 11 is 0. The molecule has 0 bridgehead atoms. The molecule has 5 rings (SSSR count). The van der Waals surface area contributed by atoms with Crippen molar-refractivity contribution < 1.29 is 19.1 Å². The van der Waals surface area contributed by atoms with Gasteiger partial charge >= 0.3 is 5.97 Å². The van der Waals surface area contributed by atoms with E-state index in [1.54, 1.807) is 11.8 Å². The van der Waals surface area contributed by atoms with Crippen molar-refractivity contribution in [2.75, 3.05) is 18.1 Å². The molecule has 0 N–H and O–H groups in total. The Balaban J connectivity index is 1.70. The van der Waals surface area contributed by atoms with Gasteiger partial charge in [0.05, 0.1) is 36.8 Å². The first-order chi connectivity index (χ1) is 17.5. The molecule has 0 saturated heterocycles. The van der Waals surface area contributed by atoms with Gasteiger partial charge in [-0.25, -0.2) is 4.98 Å². The smallest absolute Gasteiger partial charge is 0.321 e. The molecule has 0 saturated carbocycles. The van der Waals surface area contributed by atoms with Crippen molar-refractivity contribution in [3.05, 3.63) is 89.5 Å². The Morgan fingerprint density at radius 2 is 1.67 bits per heavy atom. The molecule has 1 aromatic heterocycles. The predicted octanol–water partition coefficient (Wildman–Crippen LogP) is 5.06. The number of carbonyl (C=O) groups excluding carboxylic acids is 2. The Kier molecular flexibility index (Phi) is 6.46. The van der Waals surface area contributed by atoms with Crippen LogP contribution in [0.5, 0.6) is 5.75 Å². The lowest BCUT2D eigenvalue weighted by Crippen LogP contribution is -2.49. The Hall–Kier alpha value is -4.13. The van der Waals surface area contributed by atoms with Crippen LogP contribution >= 0.6 is 0 Å². The van der Waals surface area contributed by atoms with Crippen molar-refractivity contribution in [1.29, 1.82) is 0 Å². The van der Waals surface area contributed by atoms with Crippen LogP contribution in [0.2, 0.25) is 0 Å². The summed E-state index contributed by atoms with van der Waals surface area (Å²) < 4.78 is 13.1. The lowest BCUT2D eigenvalue weighted by atomic mass is 9.89. The fourth-order valence-corrected chi connectivity index (χ4v) is 4.80. The van der Waals surface area contributed by atoms with Gasteiger partial charge in [0.2, 0.25) is 11.9 Å². The average Bonchev–Trinajstić information content (AvgIpc) is 3.27. The molecule has 0 radical (unpaired) electrons. The van der Waals surface area contributed by atoms with Gasteiger partial charge in [-0.2, -0.15) is 0 Å². The fourth-order valence-electron chi connectivity index (χ4n) is 4.80. The van der Waals surface area contributed by atoms with Crippen molar-refractivity contribution in [3.8, 4) is 5.75 Å². The highest BCUT2D eigenvalue weighted by atomic mass is 16.5. The highest BCUT2D eigenvalue weighted by molar-refractivity contribution is 6.08. The van der Waals surface area contributed by atoms with Gasteiger partial charge in [-0.15, -0.1) is 0 Å². The monoisotopic (exact) mass is 483 g/mol. The highest BCUT2D eigenvalue weighted by Crippen LogP contribution is 2.42. The van der Waals surface area contributed by atoms with E-state index in [9.17, 15) is 9.59 Å². The van der Waals surface area contributed by atoms with Crippen molar-refractivity contribution >= 4 is 28.9 Å². The molecule has 36 heavy (non-hydrogen) atoms. The minimum absolute atomic E-state index is 0.189. The van der Waals surface area contributed by atoms with Crippen LogP contribution in [0.15, 0.2) is 72.8 Å². The predicted molar refractivity (Wildman–Crippen MR) is 138 cm³/mol. The molecular weight excluding hydrogens is 454 g/mol. The van der Waals surface area contributed by atoms with Gasteiger partial charge in [0, 0.05) is 0 Å². The Morgan fingerprint density at radius 1 is 0.944 bits per heavy atom. The number of carbonyl (C=O) groups is 2. The number of hydrogen-bond acceptors (Lipinski definition) is 5. The molecule has 2 heterocycles. The number of fused-ring (bicyclic) bond motifs is 3. The largest absolute Gasteiger partial charge is 0.494 e. The number of hydrogen-bond donors (Lipinski definition) is 0. The molecule has 0 spiro atoms. The first kappa shape index (κ1) is 23.6. The summed E-state index contributed by atoms with van der Waals surface area (Å²) in [6.45, 7) is 6.74. The highest BCUT2D eigenvalue weighted by Gasteiger charge is 2.47. The number of esters is 1. The van der Waals surface area contributed by atoms with Gasteiger partial charge in [-0.3, -0.25) is 14.5 Å². The zero-order valence-corrected chi connectivity index (χ0v) is 20.7. The van der Waals surface area contributed by atoms with E-state index in [0.29, 0.717) is 19.1 Å². The number of amides is 1. The topological polar surface area (TPSA) is 73.7 Å². The van der Waals surface area contributed by atoms with Gasteiger partial charge < -0.3 is 14.0 Å². The first-order valence-corrected chi connectivity index (χ1v) is 12.2. The molecule has 4 aromatic rings. The van der Waals surface area contributed by atoms with E-state index in [4.69, 9.17) is 14.5 Å². The van der Waals surface area contributed by atoms with Gasteiger partial charge in [0.25, 0.3) is 0 Å². The fraction of sp³-hybridized carbons (Fsp3) is 0.276. The van der Waals surface area contributed by atoms with Crippen LogP contribution in [-0.4, -0.2) is 34.6 Å². The standard InChI is InChI=1S/C29H29N3O4/c1-4-35-22-16-14-21(15-17-22)26-25(28(34)36-5-2)27(33)31(18-20-12-10-19(3)11-13-20)29-30-23-8-6-7-9-24(23)32(26)29/h6-17,25-26H,4-5,18H2,1-3H3. The number of benzene rings is 3. The Bertz CT molecular complexity index is 1390. The second kappa shape index (κ2) is 9.85. The zero-order valence-electron chi connectivity index (χ0n) is 20.7. The van der Waals surface area contributed by atoms with E-state index < -0.39 is 17.9 Å². The zero-order chi connectivity index (χ0) is 25.2. The molecule has 2 unspecified atom stereocenters. The maximum absolute atomic E-state index is 14.1. The quantitative estimate of drug-likeness (QED) is 0.271. The van der Waals surface area contributed by atoms with E-state index in [1.807, 2.05) is 91.2 Å². The molecule has 0 fully saturated rings. The van der Waals surface area contributed by atoms with Crippen LogP contribution in [0.25, 0.3) is 11.0 Å². The number of imidazole rings is 1. The molecule has 184 valence electrons.